The molecule has 1 aliphatic heterocycles. The summed E-state index contributed by atoms with van der Waals surface area (Å²) in [6, 6.07) is 75.2. The molecule has 8 aromatic rings. The molecule has 0 atom stereocenters. The van der Waals surface area contributed by atoms with Gasteiger partial charge in [0.1, 0.15) is 0 Å². The minimum absolute atomic E-state index is 0. The van der Waals surface area contributed by atoms with E-state index in [9.17, 15) is 0 Å². The van der Waals surface area contributed by atoms with E-state index in [-0.39, 0.29) is 37.6 Å². The molecule has 0 radical (unpaired) electrons. The second kappa shape index (κ2) is 29.8. The summed E-state index contributed by atoms with van der Waals surface area (Å²) >= 11 is 0. The fourth-order valence-corrected chi connectivity index (χ4v) is 8.15. The number of ether oxygens (including phenoxy) is 1. The van der Waals surface area contributed by atoms with E-state index in [0.29, 0.717) is 26.2 Å². The van der Waals surface area contributed by atoms with Gasteiger partial charge in [0, 0.05) is 36.1 Å². The SMILES string of the molecule is C1CCOC1.NCc1ccc(/C(=C(\c2ccccc2)c2ccc(CN)cc2)c2ccccc2)cc1.[AlH3].[H-].[Li+].[N-]=[N+]=NCc1ccc(/C(=C(\c2ccccc2)c2ccc(CN=[N+]=[N-])cc2)c2ccccc2)cc1. The molecule has 0 bridgehead atoms. The molecule has 1 fully saturated rings. The van der Waals surface area contributed by atoms with Gasteiger partial charge in [0.2, 0.25) is 0 Å². The van der Waals surface area contributed by atoms with Crippen molar-refractivity contribution in [3.63, 3.8) is 0 Å². The predicted octanol–water partition coefficient (Wildman–Crippen LogP) is 10.7. The first kappa shape index (κ1) is 54.8. The number of nitrogens with two attached hydrogens (primary N) is 2. The normalized spacial score (nSPS) is 12.0. The van der Waals surface area contributed by atoms with Crippen LogP contribution in [0.15, 0.2) is 229 Å². The molecular formula is C60H60AlLiN8O. The molecule has 1 aliphatic rings. The zero-order valence-corrected chi connectivity index (χ0v) is 39.7. The first-order valence-corrected chi connectivity index (χ1v) is 23.2. The van der Waals surface area contributed by atoms with Crippen LogP contribution in [-0.4, -0.2) is 30.6 Å². The average molecular weight is 943 g/mol. The van der Waals surface area contributed by atoms with Crippen molar-refractivity contribution in [1.29, 1.82) is 0 Å². The molecule has 0 aromatic heterocycles. The van der Waals surface area contributed by atoms with Crippen molar-refractivity contribution in [3.8, 4) is 0 Å². The van der Waals surface area contributed by atoms with Crippen LogP contribution in [0.3, 0.4) is 0 Å². The monoisotopic (exact) mass is 942 g/mol. The van der Waals surface area contributed by atoms with Crippen molar-refractivity contribution in [3.05, 3.63) is 306 Å². The van der Waals surface area contributed by atoms with Crippen molar-refractivity contribution >= 4 is 39.7 Å². The van der Waals surface area contributed by atoms with Crippen LogP contribution in [0.4, 0.5) is 0 Å². The van der Waals surface area contributed by atoms with Gasteiger partial charge in [0.25, 0.3) is 0 Å². The summed E-state index contributed by atoms with van der Waals surface area (Å²) in [5, 5.41) is 7.35. The molecule has 1 saturated heterocycles. The Labute approximate surface area is 442 Å². The van der Waals surface area contributed by atoms with E-state index < -0.39 is 0 Å². The number of azide groups is 2. The number of benzene rings is 8. The van der Waals surface area contributed by atoms with E-state index >= 15 is 0 Å². The molecule has 0 unspecified atom stereocenters. The van der Waals surface area contributed by atoms with Gasteiger partial charge < -0.3 is 17.6 Å². The third-order valence-electron chi connectivity index (χ3n) is 11.7. The number of nitrogens with zero attached hydrogens (tertiary/aromatic N) is 6. The van der Waals surface area contributed by atoms with Crippen molar-refractivity contribution in [1.82, 2.24) is 0 Å². The molecule has 0 saturated carbocycles. The molecule has 11 heteroatoms. The van der Waals surface area contributed by atoms with Crippen LogP contribution in [0.5, 0.6) is 0 Å². The third kappa shape index (κ3) is 15.7. The number of rotatable bonds is 14. The molecule has 0 spiro atoms. The fraction of sp³-hybridized carbons (Fsp3) is 0.133. The van der Waals surface area contributed by atoms with Crippen molar-refractivity contribution in [2.75, 3.05) is 13.2 Å². The molecule has 350 valence electrons. The Bertz CT molecular complexity index is 2790. The zero-order chi connectivity index (χ0) is 47.9. The van der Waals surface area contributed by atoms with Crippen molar-refractivity contribution < 1.29 is 25.0 Å². The molecule has 9 rings (SSSR count). The molecule has 4 N–H and O–H groups in total. The van der Waals surface area contributed by atoms with Gasteiger partial charge in [0.05, 0.1) is 13.1 Å². The van der Waals surface area contributed by atoms with E-state index in [1.54, 1.807) is 0 Å². The van der Waals surface area contributed by atoms with Gasteiger partial charge >= 0.3 is 18.9 Å². The van der Waals surface area contributed by atoms with Crippen LogP contribution in [0.1, 0.15) is 81.0 Å². The summed E-state index contributed by atoms with van der Waals surface area (Å²) < 4.78 is 4.94. The van der Waals surface area contributed by atoms with Gasteiger partial charge in [0.15, 0.2) is 17.4 Å². The van der Waals surface area contributed by atoms with Gasteiger partial charge in [-0.2, -0.15) is 0 Å². The first-order valence-electron chi connectivity index (χ1n) is 23.2. The van der Waals surface area contributed by atoms with Crippen LogP contribution >= 0.6 is 0 Å². The van der Waals surface area contributed by atoms with Gasteiger partial charge in [-0.3, -0.25) is 0 Å². The Morgan fingerprint density at radius 3 is 0.803 bits per heavy atom. The summed E-state index contributed by atoms with van der Waals surface area (Å²) in [6.45, 7) is 3.71. The summed E-state index contributed by atoms with van der Waals surface area (Å²) in [6.07, 6.45) is 2.56. The Morgan fingerprint density at radius 1 is 0.380 bits per heavy atom. The van der Waals surface area contributed by atoms with Crippen molar-refractivity contribution in [2.45, 2.75) is 39.0 Å². The van der Waals surface area contributed by atoms with E-state index in [4.69, 9.17) is 27.3 Å². The predicted molar refractivity (Wildman–Crippen MR) is 294 cm³/mol. The van der Waals surface area contributed by atoms with E-state index in [2.05, 4.69) is 178 Å². The first-order chi connectivity index (χ1) is 34.1. The number of hydrogen-bond acceptors (Lipinski definition) is 5. The van der Waals surface area contributed by atoms with Crippen LogP contribution in [-0.2, 0) is 30.9 Å². The van der Waals surface area contributed by atoms with Crippen molar-refractivity contribution in [2.24, 2.45) is 21.7 Å². The summed E-state index contributed by atoms with van der Waals surface area (Å²) in [4.78, 5) is 5.72. The van der Waals surface area contributed by atoms with E-state index in [0.717, 1.165) is 68.9 Å². The molecule has 8 aromatic carbocycles. The molecule has 1 heterocycles. The molecular weight excluding hydrogens is 883 g/mol. The number of hydrogen-bond donors (Lipinski definition) is 2. The molecule has 0 aliphatic carbocycles. The van der Waals surface area contributed by atoms with E-state index in [1.807, 2.05) is 60.7 Å². The van der Waals surface area contributed by atoms with Crippen LogP contribution in [0, 0.1) is 0 Å². The maximum absolute atomic E-state index is 8.64. The maximum atomic E-state index is 8.64. The Morgan fingerprint density at radius 2 is 0.606 bits per heavy atom. The van der Waals surface area contributed by atoms with E-state index in [1.165, 1.54) is 46.2 Å². The second-order valence-electron chi connectivity index (χ2n) is 16.3. The molecule has 0 amide bonds. The van der Waals surface area contributed by atoms with Gasteiger partial charge in [-0.25, -0.2) is 0 Å². The van der Waals surface area contributed by atoms with Gasteiger partial charge in [-0.05, 0) is 113 Å². The minimum atomic E-state index is 0. The Kier molecular flexibility index (Phi) is 23.0. The Balaban J connectivity index is 0.000000275. The third-order valence-corrected chi connectivity index (χ3v) is 11.7. The van der Waals surface area contributed by atoms with Crippen LogP contribution < -0.4 is 30.3 Å². The van der Waals surface area contributed by atoms with Gasteiger partial charge in [-0.1, -0.05) is 229 Å². The standard InChI is InChI=1S/C28H22N6.C28H26N2.C4H8O.Al.Li.4H/c29-33-31-19-21-11-15-25(16-12-21)27(23-7-3-1-4-8-23)28(24-9-5-2-6-10-24)26-17-13-22(14-18-26)20-32-34-30;29-19-21-11-15-25(16-12-21)27(23-7-3-1-4-8-23)28(24-9-5-2-6-10-24)26-17-13-22(20-30)14-18-26;1-2-4-5-3-1;;;;;;/h1-18H,19-20H2;1-18H,19-20,29-30H2;1-4H2;;;;;;/q;;;;+1;;;;-1/b2*28-27+;;;;;;;. The minimum Gasteiger partial charge on any atom is -1.00 e. The fourth-order valence-electron chi connectivity index (χ4n) is 8.15. The van der Waals surface area contributed by atoms with Crippen LogP contribution in [0.25, 0.3) is 43.2 Å². The average Bonchev–Trinajstić information content (AvgIpc) is 4.03. The summed E-state index contributed by atoms with van der Waals surface area (Å²) in [7, 11) is 0. The maximum Gasteiger partial charge on any atom is 1.00 e. The largest absolute Gasteiger partial charge is 1.00 e. The molecule has 71 heavy (non-hydrogen) atoms. The second-order valence-corrected chi connectivity index (χ2v) is 16.3. The summed E-state index contributed by atoms with van der Waals surface area (Å²) in [5.41, 5.74) is 46.7. The van der Waals surface area contributed by atoms with Crippen LogP contribution in [0.2, 0.25) is 0 Å². The topological polar surface area (TPSA) is 159 Å². The van der Waals surface area contributed by atoms with Gasteiger partial charge in [-0.15, -0.1) is 0 Å². The quantitative estimate of drug-likeness (QED) is 0.0366. The zero-order valence-electron chi connectivity index (χ0n) is 40.7. The summed E-state index contributed by atoms with van der Waals surface area (Å²) in [5.74, 6) is 0. The molecule has 9 nitrogen and oxygen atoms in total. The Hall–Kier alpha value is -7.13. The smallest absolute Gasteiger partial charge is 1.00 e.